The van der Waals surface area contributed by atoms with Crippen LogP contribution in [0.5, 0.6) is 0 Å². The second kappa shape index (κ2) is 3.86. The van der Waals surface area contributed by atoms with Gasteiger partial charge in [0, 0.05) is 12.5 Å². The van der Waals surface area contributed by atoms with E-state index < -0.39 is 0 Å². The van der Waals surface area contributed by atoms with Crippen molar-refractivity contribution in [2.75, 3.05) is 13.1 Å². The van der Waals surface area contributed by atoms with Crippen molar-refractivity contribution >= 4 is 0 Å². The molecule has 0 spiro atoms. The third kappa shape index (κ3) is 2.29. The molecule has 1 aliphatic rings. The first-order valence-corrected chi connectivity index (χ1v) is 4.34. The maximum atomic E-state index is 12.8. The van der Waals surface area contributed by atoms with Gasteiger partial charge < -0.3 is 0 Å². The summed E-state index contributed by atoms with van der Waals surface area (Å²) in [6, 6.07) is 0.280. The zero-order valence-corrected chi connectivity index (χ0v) is 7.31. The molecule has 0 aromatic heterocycles. The van der Waals surface area contributed by atoms with Gasteiger partial charge in [-0.05, 0) is 32.5 Å². The normalized spacial score (nSPS) is 27.9. The van der Waals surface area contributed by atoms with E-state index in [9.17, 15) is 4.39 Å². The van der Waals surface area contributed by atoms with E-state index in [0.29, 0.717) is 6.42 Å². The number of hydrogen-bond acceptors (Lipinski definition) is 1. The second-order valence-electron chi connectivity index (χ2n) is 3.09. The maximum absolute atomic E-state index is 12.8. The van der Waals surface area contributed by atoms with E-state index in [1.807, 2.05) is 0 Å². The van der Waals surface area contributed by atoms with Crippen molar-refractivity contribution in [1.29, 1.82) is 0 Å². The van der Waals surface area contributed by atoms with Crippen molar-refractivity contribution in [3.63, 3.8) is 0 Å². The molecule has 1 aliphatic heterocycles. The molecule has 0 fully saturated rings. The zero-order chi connectivity index (χ0) is 8.27. The first kappa shape index (κ1) is 8.72. The predicted molar refractivity (Wildman–Crippen MR) is 45.1 cm³/mol. The molecule has 0 aromatic rings. The molecule has 0 radical (unpaired) electrons. The molecule has 1 nitrogen and oxygen atoms in total. The van der Waals surface area contributed by atoms with Crippen LogP contribution in [-0.2, 0) is 0 Å². The molecule has 0 bridgehead atoms. The number of nitrogens with zero attached hydrogens (tertiary/aromatic N) is 1. The highest BCUT2D eigenvalue weighted by Gasteiger charge is 2.14. The molecule has 0 saturated carbocycles. The van der Waals surface area contributed by atoms with E-state index in [1.54, 1.807) is 6.08 Å². The number of rotatable bonds is 1. The lowest BCUT2D eigenvalue weighted by atomic mass is 10.2. The second-order valence-corrected chi connectivity index (χ2v) is 3.09. The van der Waals surface area contributed by atoms with Gasteiger partial charge in [0.05, 0.1) is 5.83 Å². The molecule has 0 N–H and O–H groups in total. The van der Waals surface area contributed by atoms with Crippen LogP contribution < -0.4 is 0 Å². The minimum Gasteiger partial charge on any atom is -0.297 e. The maximum Gasteiger partial charge on any atom is 0.0975 e. The summed E-state index contributed by atoms with van der Waals surface area (Å²) in [5.74, 6) is 0.0634. The van der Waals surface area contributed by atoms with Crippen LogP contribution in [0.1, 0.15) is 26.7 Å². The van der Waals surface area contributed by atoms with Gasteiger partial charge in [0.2, 0.25) is 0 Å². The van der Waals surface area contributed by atoms with Crippen molar-refractivity contribution in [2.45, 2.75) is 32.7 Å². The van der Waals surface area contributed by atoms with Crippen molar-refractivity contribution in [1.82, 2.24) is 4.90 Å². The van der Waals surface area contributed by atoms with E-state index in [-0.39, 0.29) is 11.9 Å². The highest BCUT2D eigenvalue weighted by molar-refractivity contribution is 5.01. The lowest BCUT2D eigenvalue weighted by Gasteiger charge is -2.22. The van der Waals surface area contributed by atoms with Crippen LogP contribution in [0, 0.1) is 0 Å². The molecular weight excluding hydrogens is 141 g/mol. The Morgan fingerprint density at radius 2 is 2.45 bits per heavy atom. The summed E-state index contributed by atoms with van der Waals surface area (Å²) in [7, 11) is 0. The fraction of sp³-hybridized carbons (Fsp3) is 0.778. The Kier molecular flexibility index (Phi) is 3.06. The van der Waals surface area contributed by atoms with Crippen LogP contribution >= 0.6 is 0 Å². The van der Waals surface area contributed by atoms with Crippen molar-refractivity contribution < 1.29 is 4.39 Å². The van der Waals surface area contributed by atoms with Gasteiger partial charge in [0.25, 0.3) is 0 Å². The molecule has 0 saturated heterocycles. The standard InChI is InChI=1S/C9H16FN/c1-3-11-6-4-5-9(10)7-8(11)2/h7-8H,3-6H2,1-2H3. The van der Waals surface area contributed by atoms with Crippen LogP contribution in [0.4, 0.5) is 4.39 Å². The summed E-state index contributed by atoms with van der Waals surface area (Å²) in [6.07, 6.45) is 3.32. The SMILES string of the molecule is CCN1CCCC(F)=CC1C. The van der Waals surface area contributed by atoms with Crippen LogP contribution in [0.3, 0.4) is 0 Å². The molecule has 0 amide bonds. The average Bonchev–Trinajstić information content (AvgIpc) is 2.11. The van der Waals surface area contributed by atoms with Crippen molar-refractivity contribution in [3.8, 4) is 0 Å². The van der Waals surface area contributed by atoms with Gasteiger partial charge in [-0.1, -0.05) is 6.92 Å². The third-order valence-corrected chi connectivity index (χ3v) is 2.27. The van der Waals surface area contributed by atoms with Crippen LogP contribution in [0.25, 0.3) is 0 Å². The van der Waals surface area contributed by atoms with Crippen LogP contribution in [-0.4, -0.2) is 24.0 Å². The van der Waals surface area contributed by atoms with E-state index in [1.165, 1.54) is 0 Å². The van der Waals surface area contributed by atoms with Gasteiger partial charge in [-0.15, -0.1) is 0 Å². The molecule has 0 aliphatic carbocycles. The number of allylic oxidation sites excluding steroid dienone is 1. The average molecular weight is 157 g/mol. The minimum atomic E-state index is 0.0634. The Labute approximate surface area is 67.9 Å². The Morgan fingerprint density at radius 1 is 1.73 bits per heavy atom. The molecule has 11 heavy (non-hydrogen) atoms. The van der Waals surface area contributed by atoms with Crippen molar-refractivity contribution in [2.24, 2.45) is 0 Å². The first-order valence-electron chi connectivity index (χ1n) is 4.34. The fourth-order valence-electron chi connectivity index (χ4n) is 1.55. The summed E-state index contributed by atoms with van der Waals surface area (Å²) in [5.41, 5.74) is 0. The van der Waals surface area contributed by atoms with Gasteiger partial charge in [-0.25, -0.2) is 4.39 Å². The van der Waals surface area contributed by atoms with Crippen LogP contribution in [0.2, 0.25) is 0 Å². The molecule has 64 valence electrons. The molecule has 1 heterocycles. The Bertz CT molecular complexity index is 154. The van der Waals surface area contributed by atoms with Gasteiger partial charge in [-0.2, -0.15) is 0 Å². The van der Waals surface area contributed by atoms with Gasteiger partial charge >= 0.3 is 0 Å². The summed E-state index contributed by atoms with van der Waals surface area (Å²) < 4.78 is 12.8. The van der Waals surface area contributed by atoms with Gasteiger partial charge in [0.1, 0.15) is 0 Å². The molecule has 1 unspecified atom stereocenters. The third-order valence-electron chi connectivity index (χ3n) is 2.27. The number of hydrogen-bond donors (Lipinski definition) is 0. The molecular formula is C9H16FN. The molecule has 0 aromatic carbocycles. The summed E-state index contributed by atoms with van der Waals surface area (Å²) in [6.45, 7) is 6.22. The fourth-order valence-corrected chi connectivity index (χ4v) is 1.55. The summed E-state index contributed by atoms with van der Waals surface area (Å²) in [5, 5.41) is 0. The largest absolute Gasteiger partial charge is 0.297 e. The monoisotopic (exact) mass is 157 g/mol. The minimum absolute atomic E-state index is 0.0634. The first-order chi connectivity index (χ1) is 5.24. The van der Waals surface area contributed by atoms with E-state index in [4.69, 9.17) is 0 Å². The Hall–Kier alpha value is -0.370. The summed E-state index contributed by atoms with van der Waals surface area (Å²) >= 11 is 0. The van der Waals surface area contributed by atoms with Crippen molar-refractivity contribution in [3.05, 3.63) is 11.9 Å². The highest BCUT2D eigenvalue weighted by Crippen LogP contribution is 2.16. The van der Waals surface area contributed by atoms with Gasteiger partial charge in [-0.3, -0.25) is 4.90 Å². The number of likely N-dealkylation sites (N-methyl/N-ethyl adjacent to an activating group) is 1. The Balaban J connectivity index is 2.58. The molecule has 1 rings (SSSR count). The molecule has 1 atom stereocenters. The quantitative estimate of drug-likeness (QED) is 0.564. The predicted octanol–water partition coefficient (Wildman–Crippen LogP) is 2.34. The lowest BCUT2D eigenvalue weighted by molar-refractivity contribution is 0.257. The van der Waals surface area contributed by atoms with Gasteiger partial charge in [0.15, 0.2) is 0 Å². The topological polar surface area (TPSA) is 3.24 Å². The zero-order valence-electron chi connectivity index (χ0n) is 7.31. The van der Waals surface area contributed by atoms with E-state index in [2.05, 4.69) is 18.7 Å². The van der Waals surface area contributed by atoms with E-state index >= 15 is 0 Å². The summed E-state index contributed by atoms with van der Waals surface area (Å²) in [4.78, 5) is 2.28. The Morgan fingerprint density at radius 3 is 3.09 bits per heavy atom. The lowest BCUT2D eigenvalue weighted by Crippen LogP contribution is -2.31. The number of halogens is 1. The smallest absolute Gasteiger partial charge is 0.0975 e. The molecule has 2 heteroatoms. The highest BCUT2D eigenvalue weighted by atomic mass is 19.1. The van der Waals surface area contributed by atoms with E-state index in [0.717, 1.165) is 19.5 Å². The van der Waals surface area contributed by atoms with Crippen LogP contribution in [0.15, 0.2) is 11.9 Å².